The molecule has 23 heavy (non-hydrogen) atoms. The first-order valence-corrected chi connectivity index (χ1v) is 7.58. The monoisotopic (exact) mass is 369 g/mol. The van der Waals surface area contributed by atoms with E-state index in [0.29, 0.717) is 27.0 Å². The molecule has 0 aliphatic rings. The summed E-state index contributed by atoms with van der Waals surface area (Å²) in [5.74, 6) is 0.364. The average Bonchev–Trinajstić information content (AvgIpc) is 2.52. The number of ether oxygens (including phenoxy) is 1. The lowest BCUT2D eigenvalue weighted by Crippen LogP contribution is -2.24. The highest BCUT2D eigenvalue weighted by molar-refractivity contribution is 7.80. The van der Waals surface area contributed by atoms with Gasteiger partial charge in [-0.3, -0.25) is 5.43 Å². The molecule has 8 heteroatoms. The molecule has 5 nitrogen and oxygen atoms in total. The van der Waals surface area contributed by atoms with Crippen molar-refractivity contribution in [3.63, 3.8) is 0 Å². The number of nitrogens with one attached hydrogen (secondary N) is 2. The number of hydrazone groups is 1. The lowest BCUT2D eigenvalue weighted by Gasteiger charge is -2.09. The second-order valence-electron chi connectivity index (χ2n) is 4.35. The van der Waals surface area contributed by atoms with E-state index < -0.39 is 0 Å². The Bertz CT molecular complexity index is 753. The summed E-state index contributed by atoms with van der Waals surface area (Å²) in [5, 5.41) is 18.0. The zero-order valence-electron chi connectivity index (χ0n) is 12.0. The number of thiocarbonyl (C=S) groups is 1. The molecule has 0 unspecified atom stereocenters. The van der Waals surface area contributed by atoms with E-state index in [9.17, 15) is 5.11 Å². The highest BCUT2D eigenvalue weighted by Crippen LogP contribution is 2.28. The van der Waals surface area contributed by atoms with Crippen molar-refractivity contribution in [3.8, 4) is 11.5 Å². The smallest absolute Gasteiger partial charge is 0.191 e. The van der Waals surface area contributed by atoms with Crippen LogP contribution in [0, 0.1) is 0 Å². The first-order valence-electron chi connectivity index (χ1n) is 6.42. The summed E-state index contributed by atoms with van der Waals surface area (Å²) >= 11 is 17.0. The van der Waals surface area contributed by atoms with Crippen molar-refractivity contribution in [3.05, 3.63) is 52.0 Å². The number of phenols is 1. The fourth-order valence-electron chi connectivity index (χ4n) is 1.71. The minimum absolute atomic E-state index is 0.000160. The molecular formula is C15H13Cl2N3O2S. The molecule has 0 heterocycles. The van der Waals surface area contributed by atoms with E-state index in [2.05, 4.69) is 15.8 Å². The van der Waals surface area contributed by atoms with Crippen LogP contribution in [0.4, 0.5) is 5.69 Å². The van der Waals surface area contributed by atoms with Crippen molar-refractivity contribution < 1.29 is 9.84 Å². The molecule has 2 aromatic rings. The van der Waals surface area contributed by atoms with Gasteiger partial charge in [0.15, 0.2) is 16.6 Å². The van der Waals surface area contributed by atoms with Crippen molar-refractivity contribution >= 4 is 52.4 Å². The number of halogens is 2. The molecule has 0 bridgehead atoms. The van der Waals surface area contributed by atoms with Gasteiger partial charge in [0.1, 0.15) is 0 Å². The number of phenolic OH excluding ortho intramolecular Hbond substituents is 1. The van der Waals surface area contributed by atoms with Gasteiger partial charge in [-0.05, 0) is 42.5 Å². The fourth-order valence-corrected chi connectivity index (χ4v) is 2.33. The van der Waals surface area contributed by atoms with Crippen LogP contribution in [0.3, 0.4) is 0 Å². The van der Waals surface area contributed by atoms with Crippen LogP contribution < -0.4 is 15.5 Å². The van der Waals surface area contributed by atoms with Crippen LogP contribution in [-0.2, 0) is 0 Å². The number of hydrogen-bond donors (Lipinski definition) is 3. The quantitative estimate of drug-likeness (QED) is 0.431. The van der Waals surface area contributed by atoms with E-state index in [1.807, 2.05) is 0 Å². The highest BCUT2D eigenvalue weighted by Gasteiger charge is 2.05. The van der Waals surface area contributed by atoms with Gasteiger partial charge < -0.3 is 15.2 Å². The third-order valence-electron chi connectivity index (χ3n) is 2.80. The lowest BCUT2D eigenvalue weighted by atomic mass is 10.2. The number of para-hydroxylation sites is 1. The Balaban J connectivity index is 1.99. The number of benzene rings is 2. The second-order valence-corrected chi connectivity index (χ2v) is 5.60. The van der Waals surface area contributed by atoms with Gasteiger partial charge in [0.2, 0.25) is 0 Å². The topological polar surface area (TPSA) is 65.9 Å². The Kier molecular flexibility index (Phi) is 6.04. The minimum atomic E-state index is 0.000160. The van der Waals surface area contributed by atoms with Gasteiger partial charge in [-0.15, -0.1) is 0 Å². The molecule has 0 atom stereocenters. The number of aromatic hydroxyl groups is 1. The molecule has 120 valence electrons. The predicted octanol–water partition coefficient (Wildman–Crippen LogP) is 4.03. The van der Waals surface area contributed by atoms with Crippen LogP contribution in [0.1, 0.15) is 5.56 Å². The van der Waals surface area contributed by atoms with Gasteiger partial charge in [-0.25, -0.2) is 0 Å². The number of rotatable bonds is 4. The van der Waals surface area contributed by atoms with Crippen LogP contribution in [0.2, 0.25) is 10.0 Å². The van der Waals surface area contributed by atoms with Gasteiger partial charge in [-0.1, -0.05) is 29.3 Å². The third kappa shape index (κ3) is 4.72. The predicted molar refractivity (Wildman–Crippen MR) is 98.1 cm³/mol. The van der Waals surface area contributed by atoms with Crippen LogP contribution >= 0.6 is 35.4 Å². The average molecular weight is 370 g/mol. The van der Waals surface area contributed by atoms with E-state index in [0.717, 1.165) is 0 Å². The van der Waals surface area contributed by atoms with Crippen molar-refractivity contribution in [1.29, 1.82) is 0 Å². The van der Waals surface area contributed by atoms with E-state index in [4.69, 9.17) is 40.2 Å². The molecule has 2 rings (SSSR count). The van der Waals surface area contributed by atoms with Crippen molar-refractivity contribution in [2.24, 2.45) is 5.10 Å². The standard InChI is InChI=1S/C15H13Cl2N3O2S/c1-22-13-4-2-3-9(14(13)21)8-18-20-15(23)19-12-6-5-10(16)7-11(12)17/h2-8,21H,1H3,(H2,19,20,23)/b18-8+. The minimum Gasteiger partial charge on any atom is -0.504 e. The van der Waals surface area contributed by atoms with Gasteiger partial charge >= 0.3 is 0 Å². The Morgan fingerprint density at radius 2 is 2.09 bits per heavy atom. The molecule has 0 spiro atoms. The van der Waals surface area contributed by atoms with Gasteiger partial charge in [0, 0.05) is 10.6 Å². The molecule has 3 N–H and O–H groups in total. The molecule has 0 aromatic heterocycles. The number of anilines is 1. The summed E-state index contributed by atoms with van der Waals surface area (Å²) in [6.07, 6.45) is 1.43. The maximum absolute atomic E-state index is 9.93. The summed E-state index contributed by atoms with van der Waals surface area (Å²) in [6.45, 7) is 0. The summed E-state index contributed by atoms with van der Waals surface area (Å²) in [4.78, 5) is 0. The first kappa shape index (κ1) is 17.3. The molecule has 0 aliphatic heterocycles. The maximum Gasteiger partial charge on any atom is 0.191 e. The Labute approximate surface area is 148 Å². The van der Waals surface area contributed by atoms with Crippen LogP contribution in [0.5, 0.6) is 11.5 Å². The van der Waals surface area contributed by atoms with Gasteiger partial charge in [-0.2, -0.15) is 5.10 Å². The summed E-state index contributed by atoms with van der Waals surface area (Å²) in [6, 6.07) is 10.1. The molecule has 0 amide bonds. The lowest BCUT2D eigenvalue weighted by molar-refractivity contribution is 0.373. The van der Waals surface area contributed by atoms with Crippen LogP contribution in [0.15, 0.2) is 41.5 Å². The SMILES string of the molecule is COc1cccc(/C=N/NC(=S)Nc2ccc(Cl)cc2Cl)c1O. The largest absolute Gasteiger partial charge is 0.504 e. The fraction of sp³-hybridized carbons (Fsp3) is 0.0667. The van der Waals surface area contributed by atoms with Gasteiger partial charge in [0.05, 0.1) is 24.0 Å². The summed E-state index contributed by atoms with van der Waals surface area (Å²) < 4.78 is 5.02. The number of hydrogen-bond acceptors (Lipinski definition) is 4. The van der Waals surface area contributed by atoms with Crippen LogP contribution in [-0.4, -0.2) is 23.5 Å². The maximum atomic E-state index is 9.93. The van der Waals surface area contributed by atoms with Gasteiger partial charge in [0.25, 0.3) is 0 Å². The zero-order valence-corrected chi connectivity index (χ0v) is 14.3. The third-order valence-corrected chi connectivity index (χ3v) is 3.54. The molecular weight excluding hydrogens is 357 g/mol. The molecule has 0 aliphatic carbocycles. The van der Waals surface area contributed by atoms with E-state index in [1.165, 1.54) is 13.3 Å². The number of methoxy groups -OCH3 is 1. The molecule has 0 saturated heterocycles. The van der Waals surface area contributed by atoms with Crippen molar-refractivity contribution in [2.75, 3.05) is 12.4 Å². The zero-order chi connectivity index (χ0) is 16.8. The van der Waals surface area contributed by atoms with Crippen LogP contribution in [0.25, 0.3) is 0 Å². The summed E-state index contributed by atoms with van der Waals surface area (Å²) in [7, 11) is 1.48. The molecule has 0 saturated carbocycles. The first-order chi connectivity index (χ1) is 11.0. The summed E-state index contributed by atoms with van der Waals surface area (Å²) in [5.41, 5.74) is 3.73. The Morgan fingerprint density at radius 3 is 2.78 bits per heavy atom. The van der Waals surface area contributed by atoms with Crippen molar-refractivity contribution in [2.45, 2.75) is 0 Å². The Hall–Kier alpha value is -2.02. The second kappa shape index (κ2) is 8.01. The molecule has 0 fully saturated rings. The van der Waals surface area contributed by atoms with Crippen molar-refractivity contribution in [1.82, 2.24) is 5.43 Å². The number of nitrogens with zero attached hydrogens (tertiary/aromatic N) is 1. The molecule has 0 radical (unpaired) electrons. The van der Waals surface area contributed by atoms with E-state index >= 15 is 0 Å². The van der Waals surface area contributed by atoms with E-state index in [1.54, 1.807) is 36.4 Å². The van der Waals surface area contributed by atoms with E-state index in [-0.39, 0.29) is 10.9 Å². The Morgan fingerprint density at radius 1 is 1.30 bits per heavy atom. The highest BCUT2D eigenvalue weighted by atomic mass is 35.5. The normalized spacial score (nSPS) is 10.6. The molecule has 2 aromatic carbocycles.